The van der Waals surface area contributed by atoms with Crippen LogP contribution < -0.4 is 4.90 Å². The second-order valence-corrected chi connectivity index (χ2v) is 7.14. The van der Waals surface area contributed by atoms with E-state index in [4.69, 9.17) is 0 Å². The maximum absolute atomic E-state index is 12.1. The molecule has 108 valence electrons. The quantitative estimate of drug-likeness (QED) is 0.872. The first-order chi connectivity index (χ1) is 10.1. The number of anilines is 1. The van der Waals surface area contributed by atoms with Crippen molar-refractivity contribution in [2.75, 3.05) is 11.4 Å². The number of nitrogens with zero attached hydrogens (tertiary/aromatic N) is 2. The molecule has 1 aliphatic heterocycles. The first kappa shape index (κ1) is 14.3. The molecule has 0 bridgehead atoms. The van der Waals surface area contributed by atoms with Gasteiger partial charge in [-0.3, -0.25) is 14.5 Å². The van der Waals surface area contributed by atoms with Crippen LogP contribution in [-0.2, 0) is 9.59 Å². The number of carbonyl (C=O) groups excluding carboxylic acids is 2. The lowest BCUT2D eigenvalue weighted by molar-refractivity contribution is -0.117. The highest BCUT2D eigenvalue weighted by Gasteiger charge is 2.33. The van der Waals surface area contributed by atoms with E-state index in [1.54, 1.807) is 4.90 Å². The van der Waals surface area contributed by atoms with E-state index < -0.39 is 0 Å². The van der Waals surface area contributed by atoms with Gasteiger partial charge in [0.05, 0.1) is 5.69 Å². The van der Waals surface area contributed by atoms with Crippen LogP contribution in [0.15, 0.2) is 35.7 Å². The molecular weight excluding hydrogens is 304 g/mol. The van der Waals surface area contributed by atoms with E-state index in [-0.39, 0.29) is 16.3 Å². The lowest BCUT2D eigenvalue weighted by Crippen LogP contribution is -2.24. The number of thiazole rings is 1. The van der Waals surface area contributed by atoms with E-state index in [2.05, 4.69) is 4.98 Å². The van der Waals surface area contributed by atoms with Crippen molar-refractivity contribution in [1.82, 2.24) is 4.98 Å². The topological polar surface area (TPSA) is 50.3 Å². The van der Waals surface area contributed by atoms with Crippen LogP contribution in [0.25, 0.3) is 11.3 Å². The van der Waals surface area contributed by atoms with Gasteiger partial charge in [-0.05, 0) is 0 Å². The van der Waals surface area contributed by atoms with Crippen molar-refractivity contribution in [2.24, 2.45) is 0 Å². The van der Waals surface area contributed by atoms with Gasteiger partial charge in [0.1, 0.15) is 0 Å². The van der Waals surface area contributed by atoms with Crippen molar-refractivity contribution in [1.29, 1.82) is 0 Å². The van der Waals surface area contributed by atoms with Crippen LogP contribution >= 0.6 is 23.1 Å². The van der Waals surface area contributed by atoms with E-state index in [0.29, 0.717) is 18.1 Å². The van der Waals surface area contributed by atoms with Gasteiger partial charge in [0.2, 0.25) is 5.91 Å². The number of thioether (sulfide) groups is 1. The molecule has 0 N–H and O–H groups in total. The molecule has 0 spiro atoms. The van der Waals surface area contributed by atoms with E-state index in [1.165, 1.54) is 30.0 Å². The molecular formula is C15H14N2O2S2. The predicted octanol–water partition coefficient (Wildman–Crippen LogP) is 3.20. The minimum absolute atomic E-state index is 0.0408. The summed E-state index contributed by atoms with van der Waals surface area (Å²) in [6, 6.07) is 9.90. The standard InChI is InChI=1S/C15H14N2O2S2/c1-10(18)21-12-7-14(19)17(8-12)15-16-13(9-20-15)11-5-3-2-4-6-11/h2-6,9,12H,7-8H2,1H3. The molecule has 1 aromatic carbocycles. The molecule has 2 aromatic rings. The molecule has 2 heterocycles. The molecule has 0 aliphatic carbocycles. The number of benzene rings is 1. The minimum atomic E-state index is 0.0408. The molecule has 1 amide bonds. The van der Waals surface area contributed by atoms with Crippen LogP contribution in [0.1, 0.15) is 13.3 Å². The van der Waals surface area contributed by atoms with Crippen molar-refractivity contribution in [3.8, 4) is 11.3 Å². The summed E-state index contributed by atoms with van der Waals surface area (Å²) in [7, 11) is 0. The smallest absolute Gasteiger partial charge is 0.230 e. The van der Waals surface area contributed by atoms with Gasteiger partial charge in [0, 0.05) is 36.1 Å². The number of amides is 1. The summed E-state index contributed by atoms with van der Waals surface area (Å²) in [6.45, 7) is 2.10. The molecule has 1 fully saturated rings. The predicted molar refractivity (Wildman–Crippen MR) is 86.6 cm³/mol. The molecule has 1 atom stereocenters. The van der Waals surface area contributed by atoms with Gasteiger partial charge < -0.3 is 0 Å². The second kappa shape index (κ2) is 5.99. The first-order valence-corrected chi connectivity index (χ1v) is 8.38. The van der Waals surface area contributed by atoms with Crippen LogP contribution in [0.2, 0.25) is 0 Å². The summed E-state index contributed by atoms with van der Waals surface area (Å²) >= 11 is 2.71. The van der Waals surface area contributed by atoms with Crippen molar-refractivity contribution in [3.05, 3.63) is 35.7 Å². The fourth-order valence-corrected chi connectivity index (χ4v) is 4.08. The third-order valence-electron chi connectivity index (χ3n) is 3.21. The van der Waals surface area contributed by atoms with E-state index >= 15 is 0 Å². The Hall–Kier alpha value is -1.66. The zero-order valence-corrected chi connectivity index (χ0v) is 13.1. The van der Waals surface area contributed by atoms with E-state index in [0.717, 1.165) is 11.3 Å². The summed E-state index contributed by atoms with van der Waals surface area (Å²) in [5, 5.41) is 2.77. The van der Waals surface area contributed by atoms with Crippen molar-refractivity contribution >= 4 is 39.3 Å². The van der Waals surface area contributed by atoms with Crippen LogP contribution in [0.4, 0.5) is 5.13 Å². The Labute approximate surface area is 131 Å². The van der Waals surface area contributed by atoms with Crippen LogP contribution in [0.3, 0.4) is 0 Å². The van der Waals surface area contributed by atoms with E-state index in [9.17, 15) is 9.59 Å². The molecule has 3 rings (SSSR count). The van der Waals surface area contributed by atoms with Gasteiger partial charge in [-0.1, -0.05) is 42.1 Å². The van der Waals surface area contributed by atoms with Gasteiger partial charge in [-0.25, -0.2) is 4.98 Å². The summed E-state index contributed by atoms with van der Waals surface area (Å²) in [5.41, 5.74) is 1.92. The van der Waals surface area contributed by atoms with Crippen molar-refractivity contribution in [2.45, 2.75) is 18.6 Å². The molecule has 1 aromatic heterocycles. The summed E-state index contributed by atoms with van der Waals surface area (Å²) in [4.78, 5) is 29.5. The normalized spacial score (nSPS) is 18.2. The lowest BCUT2D eigenvalue weighted by Gasteiger charge is -2.12. The Morgan fingerprint density at radius 1 is 1.38 bits per heavy atom. The zero-order chi connectivity index (χ0) is 14.8. The Morgan fingerprint density at radius 2 is 2.14 bits per heavy atom. The fraction of sp³-hybridized carbons (Fsp3) is 0.267. The molecule has 4 nitrogen and oxygen atoms in total. The molecule has 1 aliphatic rings. The van der Waals surface area contributed by atoms with Gasteiger partial charge in [-0.15, -0.1) is 11.3 Å². The maximum atomic E-state index is 12.1. The van der Waals surface area contributed by atoms with Gasteiger partial charge in [-0.2, -0.15) is 0 Å². The fourth-order valence-electron chi connectivity index (χ4n) is 2.30. The number of hydrogen-bond donors (Lipinski definition) is 0. The monoisotopic (exact) mass is 318 g/mol. The molecule has 21 heavy (non-hydrogen) atoms. The third-order valence-corrected chi connectivity index (χ3v) is 5.06. The minimum Gasteiger partial charge on any atom is -0.288 e. The molecule has 1 saturated heterocycles. The Bertz CT molecular complexity index is 669. The van der Waals surface area contributed by atoms with Gasteiger partial charge >= 0.3 is 0 Å². The third kappa shape index (κ3) is 3.16. The van der Waals surface area contributed by atoms with Gasteiger partial charge in [0.15, 0.2) is 10.2 Å². The zero-order valence-electron chi connectivity index (χ0n) is 11.5. The SMILES string of the molecule is CC(=O)SC1CC(=O)N(c2nc(-c3ccccc3)cs2)C1. The summed E-state index contributed by atoms with van der Waals surface area (Å²) in [5.74, 6) is 0.0442. The highest BCUT2D eigenvalue weighted by molar-refractivity contribution is 8.14. The Kier molecular flexibility index (Phi) is 4.07. The average Bonchev–Trinajstić information content (AvgIpc) is 3.06. The summed E-state index contributed by atoms with van der Waals surface area (Å²) in [6.07, 6.45) is 0.407. The van der Waals surface area contributed by atoms with E-state index in [1.807, 2.05) is 35.7 Å². The molecule has 0 saturated carbocycles. The summed E-state index contributed by atoms with van der Waals surface area (Å²) < 4.78 is 0. The van der Waals surface area contributed by atoms with Crippen LogP contribution in [0, 0.1) is 0 Å². The first-order valence-electron chi connectivity index (χ1n) is 6.62. The maximum Gasteiger partial charge on any atom is 0.230 e. The van der Waals surface area contributed by atoms with Crippen molar-refractivity contribution in [3.63, 3.8) is 0 Å². The Balaban J connectivity index is 1.78. The molecule has 1 unspecified atom stereocenters. The number of aromatic nitrogens is 1. The van der Waals surface area contributed by atoms with Crippen molar-refractivity contribution < 1.29 is 9.59 Å². The highest BCUT2D eigenvalue weighted by atomic mass is 32.2. The second-order valence-electron chi connectivity index (χ2n) is 4.82. The van der Waals surface area contributed by atoms with Crippen LogP contribution in [-0.4, -0.2) is 27.8 Å². The number of carbonyl (C=O) groups is 2. The average molecular weight is 318 g/mol. The molecule has 0 radical (unpaired) electrons. The largest absolute Gasteiger partial charge is 0.288 e. The lowest BCUT2D eigenvalue weighted by atomic mass is 10.2. The molecule has 6 heteroatoms. The number of hydrogen-bond acceptors (Lipinski definition) is 5. The highest BCUT2D eigenvalue weighted by Crippen LogP contribution is 2.32. The van der Waals surface area contributed by atoms with Gasteiger partial charge in [0.25, 0.3) is 0 Å². The Morgan fingerprint density at radius 3 is 2.86 bits per heavy atom. The van der Waals surface area contributed by atoms with Crippen LogP contribution in [0.5, 0.6) is 0 Å². The number of rotatable bonds is 3.